The van der Waals surface area contributed by atoms with Gasteiger partial charge >= 0.3 is 0 Å². The Kier molecular flexibility index (Phi) is 6.77. The van der Waals surface area contributed by atoms with Crippen LogP contribution in [0.2, 0.25) is 0 Å². The number of aromatic nitrogens is 1. The van der Waals surface area contributed by atoms with Crippen molar-refractivity contribution in [3.63, 3.8) is 0 Å². The van der Waals surface area contributed by atoms with Gasteiger partial charge in [0.05, 0.1) is 6.61 Å². The maximum absolute atomic E-state index is 4.98. The summed E-state index contributed by atoms with van der Waals surface area (Å²) in [5.74, 6) is 0. The fourth-order valence-electron chi connectivity index (χ4n) is 1.57. The first-order valence-electron chi connectivity index (χ1n) is 6.07. The van der Waals surface area contributed by atoms with Crippen molar-refractivity contribution in [2.45, 2.75) is 26.4 Å². The zero-order valence-corrected chi connectivity index (χ0v) is 11.0. The van der Waals surface area contributed by atoms with Crippen LogP contribution in [0.15, 0.2) is 18.3 Å². The van der Waals surface area contributed by atoms with E-state index >= 15 is 0 Å². The Hall–Kier alpha value is -0.970. The quantitative estimate of drug-likeness (QED) is 0.665. The van der Waals surface area contributed by atoms with Crippen molar-refractivity contribution in [1.82, 2.24) is 15.6 Å². The van der Waals surface area contributed by atoms with Gasteiger partial charge in [0.1, 0.15) is 0 Å². The van der Waals surface area contributed by atoms with Gasteiger partial charge in [-0.1, -0.05) is 0 Å². The van der Waals surface area contributed by atoms with Crippen LogP contribution in [0.3, 0.4) is 0 Å². The second-order valence-electron chi connectivity index (χ2n) is 4.28. The molecule has 4 nitrogen and oxygen atoms in total. The van der Waals surface area contributed by atoms with E-state index in [2.05, 4.69) is 28.6 Å². The van der Waals surface area contributed by atoms with Gasteiger partial charge in [-0.2, -0.15) is 0 Å². The summed E-state index contributed by atoms with van der Waals surface area (Å²) in [6.07, 6.45) is 1.86. The van der Waals surface area contributed by atoms with Crippen molar-refractivity contribution in [3.8, 4) is 0 Å². The number of hydrogen-bond donors (Lipinski definition) is 2. The number of aryl methyl sites for hydroxylation is 1. The first-order valence-corrected chi connectivity index (χ1v) is 6.07. The van der Waals surface area contributed by atoms with E-state index in [1.165, 1.54) is 5.56 Å². The number of nitrogens with zero attached hydrogens (tertiary/aromatic N) is 1. The predicted molar refractivity (Wildman–Crippen MR) is 70.0 cm³/mol. The molecule has 1 atom stereocenters. The largest absolute Gasteiger partial charge is 0.383 e. The lowest BCUT2D eigenvalue weighted by atomic mass is 10.2. The van der Waals surface area contributed by atoms with E-state index in [4.69, 9.17) is 4.74 Å². The Morgan fingerprint density at radius 1 is 1.47 bits per heavy atom. The number of rotatable bonds is 8. The second-order valence-corrected chi connectivity index (χ2v) is 4.28. The van der Waals surface area contributed by atoms with Gasteiger partial charge in [-0.3, -0.25) is 4.98 Å². The lowest BCUT2D eigenvalue weighted by Crippen LogP contribution is -2.37. The molecular weight excluding hydrogens is 214 g/mol. The highest BCUT2D eigenvalue weighted by molar-refractivity contribution is 5.15. The van der Waals surface area contributed by atoms with Gasteiger partial charge < -0.3 is 15.4 Å². The molecule has 0 aromatic carbocycles. The van der Waals surface area contributed by atoms with Gasteiger partial charge in [-0.05, 0) is 31.5 Å². The van der Waals surface area contributed by atoms with Crippen molar-refractivity contribution >= 4 is 0 Å². The van der Waals surface area contributed by atoms with Crippen LogP contribution in [0.5, 0.6) is 0 Å². The van der Waals surface area contributed by atoms with Gasteiger partial charge in [0.25, 0.3) is 0 Å². The molecule has 0 aliphatic heterocycles. The van der Waals surface area contributed by atoms with E-state index in [1.54, 1.807) is 7.11 Å². The maximum Gasteiger partial charge on any atom is 0.0587 e. The van der Waals surface area contributed by atoms with E-state index < -0.39 is 0 Å². The van der Waals surface area contributed by atoms with Crippen molar-refractivity contribution in [3.05, 3.63) is 29.6 Å². The second kappa shape index (κ2) is 8.17. The van der Waals surface area contributed by atoms with Crippen LogP contribution >= 0.6 is 0 Å². The van der Waals surface area contributed by atoms with Crippen LogP contribution in [-0.4, -0.2) is 37.8 Å². The molecule has 0 spiro atoms. The monoisotopic (exact) mass is 237 g/mol. The molecule has 1 aromatic rings. The minimum Gasteiger partial charge on any atom is -0.383 e. The van der Waals surface area contributed by atoms with Gasteiger partial charge in [-0.25, -0.2) is 0 Å². The molecule has 1 aromatic heterocycles. The average Bonchev–Trinajstić information content (AvgIpc) is 2.32. The molecule has 0 fully saturated rings. The summed E-state index contributed by atoms with van der Waals surface area (Å²) in [4.78, 5) is 4.18. The molecule has 96 valence electrons. The van der Waals surface area contributed by atoms with Gasteiger partial charge in [-0.15, -0.1) is 0 Å². The normalized spacial score (nSPS) is 12.6. The predicted octanol–water partition coefficient (Wildman–Crippen LogP) is 1.10. The summed E-state index contributed by atoms with van der Waals surface area (Å²) in [5, 5.41) is 6.81. The molecule has 0 saturated carbocycles. The van der Waals surface area contributed by atoms with Crippen molar-refractivity contribution < 1.29 is 4.74 Å². The highest BCUT2D eigenvalue weighted by Crippen LogP contribution is 2.00. The minimum atomic E-state index is 0.445. The lowest BCUT2D eigenvalue weighted by Gasteiger charge is -2.14. The first-order chi connectivity index (χ1) is 8.22. The van der Waals surface area contributed by atoms with E-state index in [1.807, 2.05) is 19.2 Å². The Morgan fingerprint density at radius 3 is 3.00 bits per heavy atom. The number of hydrogen-bond acceptors (Lipinski definition) is 4. The molecule has 1 rings (SSSR count). The maximum atomic E-state index is 4.98. The summed E-state index contributed by atoms with van der Waals surface area (Å²) >= 11 is 0. The number of ether oxygens (including phenoxy) is 1. The molecule has 0 aliphatic rings. The van der Waals surface area contributed by atoms with Crippen molar-refractivity contribution in [1.29, 1.82) is 0 Å². The van der Waals surface area contributed by atoms with Crippen LogP contribution in [-0.2, 0) is 11.3 Å². The van der Waals surface area contributed by atoms with Crippen LogP contribution in [0.4, 0.5) is 0 Å². The number of nitrogens with one attached hydrogen (secondary N) is 2. The molecule has 2 N–H and O–H groups in total. The van der Waals surface area contributed by atoms with Crippen LogP contribution < -0.4 is 10.6 Å². The third-order valence-electron chi connectivity index (χ3n) is 2.55. The van der Waals surface area contributed by atoms with E-state index in [-0.39, 0.29) is 0 Å². The smallest absolute Gasteiger partial charge is 0.0587 e. The van der Waals surface area contributed by atoms with E-state index in [0.29, 0.717) is 6.04 Å². The molecule has 0 radical (unpaired) electrons. The third-order valence-corrected chi connectivity index (χ3v) is 2.55. The van der Waals surface area contributed by atoms with Gasteiger partial charge in [0.2, 0.25) is 0 Å². The van der Waals surface area contributed by atoms with Crippen LogP contribution in [0.1, 0.15) is 18.2 Å². The Bertz CT molecular complexity index is 317. The summed E-state index contributed by atoms with van der Waals surface area (Å²) in [5.41, 5.74) is 2.34. The SMILES string of the molecule is COCCNCC(C)NCc1ccnc(C)c1. The molecule has 0 aliphatic carbocycles. The molecule has 0 amide bonds. The lowest BCUT2D eigenvalue weighted by molar-refractivity contribution is 0.198. The Labute approximate surface area is 104 Å². The fraction of sp³-hybridized carbons (Fsp3) is 0.615. The van der Waals surface area contributed by atoms with E-state index in [0.717, 1.165) is 31.9 Å². The Balaban J connectivity index is 2.17. The summed E-state index contributed by atoms with van der Waals surface area (Å²) in [6.45, 7) is 7.68. The Morgan fingerprint density at radius 2 is 2.29 bits per heavy atom. The summed E-state index contributed by atoms with van der Waals surface area (Å²) in [7, 11) is 1.72. The highest BCUT2D eigenvalue weighted by atomic mass is 16.5. The number of methoxy groups -OCH3 is 1. The molecular formula is C13H23N3O. The molecule has 1 unspecified atom stereocenters. The van der Waals surface area contributed by atoms with Crippen LogP contribution in [0, 0.1) is 6.92 Å². The molecule has 0 bridgehead atoms. The molecule has 4 heteroatoms. The zero-order chi connectivity index (χ0) is 12.5. The number of pyridine rings is 1. The minimum absolute atomic E-state index is 0.445. The first kappa shape index (κ1) is 14.1. The van der Waals surface area contributed by atoms with Gasteiger partial charge in [0.15, 0.2) is 0 Å². The fourth-order valence-corrected chi connectivity index (χ4v) is 1.57. The van der Waals surface area contributed by atoms with Crippen molar-refractivity contribution in [2.75, 3.05) is 26.8 Å². The standard InChI is InChI=1S/C13H23N3O/c1-11-8-13(4-5-15-11)10-16-12(2)9-14-6-7-17-3/h4-5,8,12,14,16H,6-7,9-10H2,1-3H3. The third kappa shape index (κ3) is 6.36. The van der Waals surface area contributed by atoms with Crippen LogP contribution in [0.25, 0.3) is 0 Å². The van der Waals surface area contributed by atoms with E-state index in [9.17, 15) is 0 Å². The highest BCUT2D eigenvalue weighted by Gasteiger charge is 2.01. The molecule has 17 heavy (non-hydrogen) atoms. The topological polar surface area (TPSA) is 46.2 Å². The summed E-state index contributed by atoms with van der Waals surface area (Å²) in [6, 6.07) is 4.60. The molecule has 0 saturated heterocycles. The van der Waals surface area contributed by atoms with Gasteiger partial charge in [0, 0.05) is 44.7 Å². The molecule has 1 heterocycles. The zero-order valence-electron chi connectivity index (χ0n) is 11.0. The average molecular weight is 237 g/mol. The summed E-state index contributed by atoms with van der Waals surface area (Å²) < 4.78 is 4.98. The van der Waals surface area contributed by atoms with Crippen molar-refractivity contribution in [2.24, 2.45) is 0 Å².